The summed E-state index contributed by atoms with van der Waals surface area (Å²) in [6.07, 6.45) is 2.69. The van der Waals surface area contributed by atoms with Crippen molar-refractivity contribution in [3.63, 3.8) is 0 Å². The maximum atomic E-state index is 12.7. The first-order valence-electron chi connectivity index (χ1n) is 9.82. The Hall–Kier alpha value is -2.41. The number of fused-ring (bicyclic) bond motifs is 1. The van der Waals surface area contributed by atoms with Crippen LogP contribution in [-0.2, 0) is 33.3 Å². The van der Waals surface area contributed by atoms with Crippen LogP contribution in [-0.4, -0.2) is 47.9 Å². The first kappa shape index (κ1) is 21.3. The largest absolute Gasteiger partial charge is 0.459 e. The zero-order chi connectivity index (χ0) is 21.5. The molecular formula is C22H28O7. The SMILES string of the molecule is C=C1C(=O)O[C@H]2/C=C(\C)[C@H](OC(C)=O)C/C=C(\C)C[C@@H](OC(=O)[C@@]3(C)O[C@H]3C)[C@@H]12. The topological polar surface area (TPSA) is 91.4 Å². The van der Waals surface area contributed by atoms with Gasteiger partial charge in [0.25, 0.3) is 0 Å². The summed E-state index contributed by atoms with van der Waals surface area (Å²) in [6, 6.07) is 0. The van der Waals surface area contributed by atoms with E-state index in [1.54, 1.807) is 13.0 Å². The Morgan fingerprint density at radius 3 is 2.52 bits per heavy atom. The van der Waals surface area contributed by atoms with Crippen LogP contribution in [0.3, 0.4) is 0 Å². The number of hydrogen-bond donors (Lipinski definition) is 0. The third-order valence-corrected chi connectivity index (χ3v) is 5.91. The lowest BCUT2D eigenvalue weighted by Crippen LogP contribution is -2.38. The third kappa shape index (κ3) is 4.29. The molecule has 3 aliphatic rings. The van der Waals surface area contributed by atoms with E-state index in [-0.39, 0.29) is 17.6 Å². The Balaban J connectivity index is 1.93. The van der Waals surface area contributed by atoms with Crippen molar-refractivity contribution in [1.29, 1.82) is 0 Å². The van der Waals surface area contributed by atoms with Crippen LogP contribution in [0.4, 0.5) is 0 Å². The van der Waals surface area contributed by atoms with Crippen LogP contribution < -0.4 is 0 Å². The summed E-state index contributed by atoms with van der Waals surface area (Å²) in [5, 5.41) is 0. The molecule has 0 bridgehead atoms. The van der Waals surface area contributed by atoms with E-state index >= 15 is 0 Å². The van der Waals surface area contributed by atoms with Crippen LogP contribution in [0.2, 0.25) is 0 Å². The van der Waals surface area contributed by atoms with Gasteiger partial charge in [0.1, 0.15) is 18.3 Å². The van der Waals surface area contributed by atoms with Crippen molar-refractivity contribution in [2.75, 3.05) is 0 Å². The highest BCUT2D eigenvalue weighted by Gasteiger charge is 2.58. The summed E-state index contributed by atoms with van der Waals surface area (Å²) in [5.74, 6) is -1.88. The lowest BCUT2D eigenvalue weighted by Gasteiger charge is -2.29. The Morgan fingerprint density at radius 2 is 1.93 bits per heavy atom. The van der Waals surface area contributed by atoms with Gasteiger partial charge in [0, 0.05) is 25.3 Å². The smallest absolute Gasteiger partial charge is 0.341 e. The van der Waals surface area contributed by atoms with E-state index in [9.17, 15) is 14.4 Å². The lowest BCUT2D eigenvalue weighted by molar-refractivity contribution is -0.158. The molecule has 0 aromatic rings. The molecule has 7 heteroatoms. The van der Waals surface area contributed by atoms with Gasteiger partial charge in [-0.3, -0.25) is 4.79 Å². The molecule has 2 heterocycles. The first-order valence-corrected chi connectivity index (χ1v) is 9.82. The molecule has 2 saturated heterocycles. The van der Waals surface area contributed by atoms with Crippen LogP contribution in [0.1, 0.15) is 47.5 Å². The molecule has 0 aromatic carbocycles. The minimum Gasteiger partial charge on any atom is -0.459 e. The van der Waals surface area contributed by atoms with Crippen LogP contribution in [0.5, 0.6) is 0 Å². The van der Waals surface area contributed by atoms with Crippen LogP contribution in [0.25, 0.3) is 0 Å². The van der Waals surface area contributed by atoms with E-state index in [1.165, 1.54) is 6.92 Å². The van der Waals surface area contributed by atoms with Gasteiger partial charge < -0.3 is 18.9 Å². The predicted molar refractivity (Wildman–Crippen MR) is 104 cm³/mol. The fourth-order valence-corrected chi connectivity index (χ4v) is 3.83. The summed E-state index contributed by atoms with van der Waals surface area (Å²) in [4.78, 5) is 36.4. The summed E-state index contributed by atoms with van der Waals surface area (Å²) >= 11 is 0. The average molecular weight is 404 g/mol. The normalized spacial score (nSPS) is 40.5. The zero-order valence-corrected chi connectivity index (χ0v) is 17.5. The lowest BCUT2D eigenvalue weighted by atomic mass is 9.85. The van der Waals surface area contributed by atoms with Crippen LogP contribution in [0.15, 0.2) is 35.5 Å². The summed E-state index contributed by atoms with van der Waals surface area (Å²) in [5.41, 5.74) is 1.03. The second-order valence-corrected chi connectivity index (χ2v) is 8.23. The maximum Gasteiger partial charge on any atom is 0.341 e. The van der Waals surface area contributed by atoms with Crippen molar-refractivity contribution in [2.24, 2.45) is 5.92 Å². The van der Waals surface area contributed by atoms with Gasteiger partial charge in [-0.05, 0) is 39.3 Å². The van der Waals surface area contributed by atoms with Gasteiger partial charge in [-0.15, -0.1) is 0 Å². The third-order valence-electron chi connectivity index (χ3n) is 5.91. The van der Waals surface area contributed by atoms with Gasteiger partial charge in [0.15, 0.2) is 5.60 Å². The minimum absolute atomic E-state index is 0.210. The number of hydrogen-bond acceptors (Lipinski definition) is 7. The molecule has 2 aliphatic heterocycles. The molecule has 29 heavy (non-hydrogen) atoms. The first-order chi connectivity index (χ1) is 13.5. The highest BCUT2D eigenvalue weighted by atomic mass is 16.7. The van der Waals surface area contributed by atoms with E-state index < -0.39 is 41.8 Å². The quantitative estimate of drug-likeness (QED) is 0.235. The van der Waals surface area contributed by atoms with Crippen LogP contribution >= 0.6 is 0 Å². The highest BCUT2D eigenvalue weighted by molar-refractivity contribution is 5.91. The molecule has 1 aliphatic carbocycles. The van der Waals surface area contributed by atoms with Crippen molar-refractivity contribution >= 4 is 17.9 Å². The number of carbonyl (C=O) groups is 3. The number of rotatable bonds is 3. The Bertz CT molecular complexity index is 808. The fraction of sp³-hybridized carbons (Fsp3) is 0.591. The summed E-state index contributed by atoms with van der Waals surface area (Å²) in [6.45, 7) is 12.5. The molecule has 0 radical (unpaired) electrons. The molecule has 0 unspecified atom stereocenters. The second-order valence-electron chi connectivity index (χ2n) is 8.23. The van der Waals surface area contributed by atoms with Gasteiger partial charge in [-0.1, -0.05) is 18.2 Å². The predicted octanol–water partition coefficient (Wildman–Crippen LogP) is 2.79. The van der Waals surface area contributed by atoms with Crippen molar-refractivity contribution in [3.8, 4) is 0 Å². The molecule has 6 atom stereocenters. The molecule has 0 aromatic heterocycles. The van der Waals surface area contributed by atoms with Gasteiger partial charge in [0.2, 0.25) is 0 Å². The van der Waals surface area contributed by atoms with E-state index in [4.69, 9.17) is 18.9 Å². The monoisotopic (exact) mass is 404 g/mol. The molecular weight excluding hydrogens is 376 g/mol. The van der Waals surface area contributed by atoms with Crippen molar-refractivity contribution < 1.29 is 33.3 Å². The number of esters is 3. The van der Waals surface area contributed by atoms with Crippen molar-refractivity contribution in [2.45, 2.75) is 77.5 Å². The maximum absolute atomic E-state index is 12.7. The fourth-order valence-electron chi connectivity index (χ4n) is 3.83. The van der Waals surface area contributed by atoms with Crippen molar-refractivity contribution in [3.05, 3.63) is 35.5 Å². The van der Waals surface area contributed by atoms with Crippen molar-refractivity contribution in [1.82, 2.24) is 0 Å². The molecule has 158 valence electrons. The number of carbonyl (C=O) groups excluding carboxylic acids is 3. The van der Waals surface area contributed by atoms with E-state index in [2.05, 4.69) is 6.58 Å². The Labute approximate surface area is 170 Å². The molecule has 0 amide bonds. The number of ether oxygens (including phenoxy) is 4. The molecule has 0 spiro atoms. The molecule has 3 rings (SSSR count). The van der Waals surface area contributed by atoms with E-state index in [0.29, 0.717) is 12.8 Å². The number of epoxide rings is 1. The summed E-state index contributed by atoms with van der Waals surface area (Å²) < 4.78 is 22.2. The van der Waals surface area contributed by atoms with Gasteiger partial charge in [-0.25, -0.2) is 9.59 Å². The standard InChI is InChI=1S/C22H28O7/c1-11-7-8-16(26-15(5)23)12(2)10-18-19(13(3)20(24)27-18)17(9-11)28-21(25)22(6)14(4)29-22/h7,10,14,16-19H,3,8-9H2,1-2,4-6H3/b11-7+,12-10+/t14-,16+,17+,18-,19+,22-/m0/s1. The van der Waals surface area contributed by atoms with Crippen LogP contribution in [0, 0.1) is 5.92 Å². The van der Waals surface area contributed by atoms with Gasteiger partial charge in [0.05, 0.1) is 12.0 Å². The Kier molecular flexibility index (Phi) is 5.72. The highest BCUT2D eigenvalue weighted by Crippen LogP contribution is 2.40. The van der Waals surface area contributed by atoms with Gasteiger partial charge >= 0.3 is 17.9 Å². The molecule has 0 N–H and O–H groups in total. The Morgan fingerprint density at radius 1 is 1.28 bits per heavy atom. The van der Waals surface area contributed by atoms with E-state index in [1.807, 2.05) is 26.8 Å². The van der Waals surface area contributed by atoms with Gasteiger partial charge in [-0.2, -0.15) is 0 Å². The minimum atomic E-state index is -0.959. The molecule has 0 saturated carbocycles. The molecule has 7 nitrogen and oxygen atoms in total. The van der Waals surface area contributed by atoms with E-state index in [0.717, 1.165) is 11.1 Å². The molecule has 2 fully saturated rings. The summed E-state index contributed by atoms with van der Waals surface area (Å²) in [7, 11) is 0. The zero-order valence-electron chi connectivity index (χ0n) is 17.5. The average Bonchev–Trinajstić information content (AvgIpc) is 3.15. The second kappa shape index (κ2) is 7.78.